The van der Waals surface area contributed by atoms with Crippen LogP contribution in [0.3, 0.4) is 0 Å². The highest BCUT2D eigenvalue weighted by Crippen LogP contribution is 2.26. The van der Waals surface area contributed by atoms with Crippen LogP contribution in [-0.2, 0) is 0 Å². The molecule has 13 heavy (non-hydrogen) atoms. The van der Waals surface area contributed by atoms with Gasteiger partial charge in [0.05, 0.1) is 12.0 Å². The fourth-order valence-corrected chi connectivity index (χ4v) is 1.86. The average Bonchev–Trinajstić information content (AvgIpc) is 2.67. The summed E-state index contributed by atoms with van der Waals surface area (Å²) in [4.78, 5) is 0. The van der Waals surface area contributed by atoms with Crippen molar-refractivity contribution in [1.29, 1.82) is 5.26 Å². The SMILES string of the molecule is N#C[C@H]1CNC[C@H]1c1ccccc1. The number of nitrogens with zero attached hydrogens (tertiary/aromatic N) is 1. The normalized spacial score (nSPS) is 27.0. The van der Waals surface area contributed by atoms with E-state index in [0.717, 1.165) is 13.1 Å². The molecule has 1 aromatic rings. The fourth-order valence-electron chi connectivity index (χ4n) is 1.86. The van der Waals surface area contributed by atoms with Crippen molar-refractivity contribution in [3.05, 3.63) is 35.9 Å². The van der Waals surface area contributed by atoms with Crippen LogP contribution in [0.25, 0.3) is 0 Å². The Morgan fingerprint density at radius 3 is 2.69 bits per heavy atom. The number of nitrogens with one attached hydrogen (secondary N) is 1. The van der Waals surface area contributed by atoms with E-state index in [9.17, 15) is 0 Å². The quantitative estimate of drug-likeness (QED) is 0.697. The van der Waals surface area contributed by atoms with Gasteiger partial charge in [0.2, 0.25) is 0 Å². The van der Waals surface area contributed by atoms with Crippen LogP contribution >= 0.6 is 0 Å². The van der Waals surface area contributed by atoms with Crippen molar-refractivity contribution >= 4 is 0 Å². The van der Waals surface area contributed by atoms with Crippen LogP contribution in [0.4, 0.5) is 0 Å². The molecule has 0 aromatic heterocycles. The highest BCUT2D eigenvalue weighted by molar-refractivity contribution is 5.24. The number of hydrogen-bond acceptors (Lipinski definition) is 2. The second-order valence-corrected chi connectivity index (χ2v) is 3.41. The number of rotatable bonds is 1. The van der Waals surface area contributed by atoms with E-state index in [1.165, 1.54) is 5.56 Å². The van der Waals surface area contributed by atoms with Crippen LogP contribution < -0.4 is 5.32 Å². The summed E-state index contributed by atoms with van der Waals surface area (Å²) in [7, 11) is 0. The second kappa shape index (κ2) is 3.59. The first-order valence-corrected chi connectivity index (χ1v) is 4.57. The summed E-state index contributed by atoms with van der Waals surface area (Å²) in [6, 6.07) is 12.6. The lowest BCUT2D eigenvalue weighted by molar-refractivity contribution is 0.646. The van der Waals surface area contributed by atoms with Gasteiger partial charge in [-0.05, 0) is 5.56 Å². The van der Waals surface area contributed by atoms with Gasteiger partial charge in [0, 0.05) is 19.0 Å². The van der Waals surface area contributed by atoms with Gasteiger partial charge in [-0.1, -0.05) is 30.3 Å². The minimum absolute atomic E-state index is 0.141. The molecule has 1 N–H and O–H groups in total. The van der Waals surface area contributed by atoms with Gasteiger partial charge in [-0.2, -0.15) is 5.26 Å². The smallest absolute Gasteiger partial charge is 0.0676 e. The van der Waals surface area contributed by atoms with Crippen molar-refractivity contribution in [3.63, 3.8) is 0 Å². The monoisotopic (exact) mass is 172 g/mol. The Morgan fingerprint density at radius 2 is 2.00 bits per heavy atom. The lowest BCUT2D eigenvalue weighted by atomic mass is 9.90. The average molecular weight is 172 g/mol. The van der Waals surface area contributed by atoms with Gasteiger partial charge in [-0.25, -0.2) is 0 Å². The molecule has 2 atom stereocenters. The van der Waals surface area contributed by atoms with E-state index in [-0.39, 0.29) is 5.92 Å². The van der Waals surface area contributed by atoms with Gasteiger partial charge in [0.1, 0.15) is 0 Å². The molecule has 0 spiro atoms. The van der Waals surface area contributed by atoms with Crippen LogP contribution in [0.15, 0.2) is 30.3 Å². The molecule has 1 heterocycles. The van der Waals surface area contributed by atoms with Gasteiger partial charge >= 0.3 is 0 Å². The third kappa shape index (κ3) is 1.56. The molecule has 66 valence electrons. The Morgan fingerprint density at radius 1 is 1.23 bits per heavy atom. The van der Waals surface area contributed by atoms with Crippen LogP contribution in [0.5, 0.6) is 0 Å². The maximum Gasteiger partial charge on any atom is 0.0676 e. The maximum atomic E-state index is 8.91. The summed E-state index contributed by atoms with van der Waals surface area (Å²) in [5.74, 6) is 0.522. The highest BCUT2D eigenvalue weighted by atomic mass is 14.9. The zero-order chi connectivity index (χ0) is 9.10. The van der Waals surface area contributed by atoms with E-state index in [1.807, 2.05) is 18.2 Å². The summed E-state index contributed by atoms with van der Waals surface area (Å²) in [6.45, 7) is 1.76. The first-order valence-electron chi connectivity index (χ1n) is 4.57. The summed E-state index contributed by atoms with van der Waals surface area (Å²) < 4.78 is 0. The van der Waals surface area contributed by atoms with Crippen molar-refractivity contribution in [3.8, 4) is 6.07 Å². The van der Waals surface area contributed by atoms with E-state index in [0.29, 0.717) is 5.92 Å². The molecule has 0 amide bonds. The van der Waals surface area contributed by atoms with E-state index in [1.54, 1.807) is 0 Å². The van der Waals surface area contributed by atoms with Crippen LogP contribution in [-0.4, -0.2) is 13.1 Å². The predicted octanol–water partition coefficient (Wildman–Crippen LogP) is 1.51. The minimum Gasteiger partial charge on any atom is -0.315 e. The zero-order valence-corrected chi connectivity index (χ0v) is 7.40. The van der Waals surface area contributed by atoms with Crippen LogP contribution in [0.1, 0.15) is 11.5 Å². The highest BCUT2D eigenvalue weighted by Gasteiger charge is 2.27. The Hall–Kier alpha value is -1.33. The molecular weight excluding hydrogens is 160 g/mol. The lowest BCUT2D eigenvalue weighted by Crippen LogP contribution is -2.07. The molecule has 2 heteroatoms. The summed E-state index contributed by atoms with van der Waals surface area (Å²) in [5, 5.41) is 12.2. The summed E-state index contributed by atoms with van der Waals surface area (Å²) in [6.07, 6.45) is 0. The van der Waals surface area contributed by atoms with Gasteiger partial charge in [0.15, 0.2) is 0 Å². The molecule has 2 nitrogen and oxygen atoms in total. The Labute approximate surface area is 78.2 Å². The van der Waals surface area contributed by atoms with Crippen molar-refractivity contribution in [2.24, 2.45) is 5.92 Å². The molecule has 0 aliphatic carbocycles. The van der Waals surface area contributed by atoms with E-state index in [2.05, 4.69) is 23.5 Å². The van der Waals surface area contributed by atoms with E-state index >= 15 is 0 Å². The lowest BCUT2D eigenvalue weighted by Gasteiger charge is -2.11. The van der Waals surface area contributed by atoms with Gasteiger partial charge in [-0.15, -0.1) is 0 Å². The van der Waals surface area contributed by atoms with Crippen LogP contribution in [0.2, 0.25) is 0 Å². The zero-order valence-electron chi connectivity index (χ0n) is 7.40. The molecule has 0 saturated carbocycles. The van der Waals surface area contributed by atoms with Crippen molar-refractivity contribution < 1.29 is 0 Å². The predicted molar refractivity (Wildman–Crippen MR) is 51.2 cm³/mol. The molecule has 1 fully saturated rings. The summed E-state index contributed by atoms with van der Waals surface area (Å²) in [5.41, 5.74) is 1.28. The van der Waals surface area contributed by atoms with Crippen molar-refractivity contribution in [1.82, 2.24) is 5.32 Å². The molecule has 2 rings (SSSR count). The number of benzene rings is 1. The third-order valence-corrected chi connectivity index (χ3v) is 2.61. The van der Waals surface area contributed by atoms with Crippen molar-refractivity contribution in [2.75, 3.05) is 13.1 Å². The van der Waals surface area contributed by atoms with Gasteiger partial charge in [0.25, 0.3) is 0 Å². The second-order valence-electron chi connectivity index (χ2n) is 3.41. The van der Waals surface area contributed by atoms with Gasteiger partial charge in [-0.3, -0.25) is 0 Å². The molecule has 0 radical (unpaired) electrons. The van der Waals surface area contributed by atoms with Crippen LogP contribution in [0, 0.1) is 17.2 Å². The maximum absolute atomic E-state index is 8.91. The third-order valence-electron chi connectivity index (χ3n) is 2.61. The van der Waals surface area contributed by atoms with Crippen molar-refractivity contribution in [2.45, 2.75) is 5.92 Å². The Kier molecular flexibility index (Phi) is 2.29. The number of nitriles is 1. The minimum atomic E-state index is 0.141. The molecule has 1 aliphatic rings. The number of hydrogen-bond donors (Lipinski definition) is 1. The largest absolute Gasteiger partial charge is 0.315 e. The molecule has 1 aromatic carbocycles. The first-order chi connectivity index (χ1) is 6.42. The molecule has 1 aliphatic heterocycles. The first kappa shape index (κ1) is 8.28. The Bertz CT molecular complexity index is 313. The molecule has 1 saturated heterocycles. The standard InChI is InChI=1S/C11H12N2/c12-6-10-7-13-8-11(10)9-4-2-1-3-5-9/h1-5,10-11,13H,7-8H2/t10-,11-/m0/s1. The fraction of sp³-hybridized carbons (Fsp3) is 0.364. The topological polar surface area (TPSA) is 35.8 Å². The van der Waals surface area contributed by atoms with E-state index < -0.39 is 0 Å². The molecular formula is C11H12N2. The molecule has 0 unspecified atom stereocenters. The molecule has 0 bridgehead atoms. The Balaban J connectivity index is 2.22. The van der Waals surface area contributed by atoms with Gasteiger partial charge < -0.3 is 5.32 Å². The van der Waals surface area contributed by atoms with E-state index in [4.69, 9.17) is 5.26 Å². The summed E-state index contributed by atoms with van der Waals surface area (Å²) >= 11 is 0.